The molecular formula is C20H25NO3. The maximum Gasteiger partial charge on any atom is 0.163 e. The summed E-state index contributed by atoms with van der Waals surface area (Å²) in [6, 6.07) is 18.5. The van der Waals surface area contributed by atoms with Crippen LogP contribution in [-0.2, 0) is 16.0 Å². The number of rotatable bonds is 6. The summed E-state index contributed by atoms with van der Waals surface area (Å²) in [6.07, 6.45) is -0.0305. The van der Waals surface area contributed by atoms with E-state index >= 15 is 0 Å². The third-order valence-electron chi connectivity index (χ3n) is 4.25. The molecule has 4 heteroatoms. The smallest absolute Gasteiger partial charge is 0.163 e. The molecule has 0 aromatic heterocycles. The van der Waals surface area contributed by atoms with Gasteiger partial charge in [-0.15, -0.1) is 0 Å². The fourth-order valence-corrected chi connectivity index (χ4v) is 2.98. The Morgan fingerprint density at radius 2 is 1.83 bits per heavy atom. The Morgan fingerprint density at radius 3 is 2.42 bits per heavy atom. The Labute approximate surface area is 143 Å². The quantitative estimate of drug-likeness (QED) is 0.878. The number of hydrogen-bond acceptors (Lipinski definition) is 4. The molecule has 0 amide bonds. The van der Waals surface area contributed by atoms with E-state index in [0.29, 0.717) is 6.61 Å². The van der Waals surface area contributed by atoms with E-state index in [1.54, 1.807) is 7.11 Å². The van der Waals surface area contributed by atoms with Crippen LogP contribution in [0.2, 0.25) is 0 Å². The Morgan fingerprint density at radius 1 is 1.12 bits per heavy atom. The summed E-state index contributed by atoms with van der Waals surface area (Å²) in [5.41, 5.74) is 2.41. The van der Waals surface area contributed by atoms with Crippen LogP contribution in [0.5, 0.6) is 5.75 Å². The molecule has 1 aliphatic rings. The van der Waals surface area contributed by atoms with Crippen LogP contribution >= 0.6 is 0 Å². The van der Waals surface area contributed by atoms with Crippen molar-refractivity contribution in [2.75, 3.05) is 13.7 Å². The topological polar surface area (TPSA) is 39.7 Å². The summed E-state index contributed by atoms with van der Waals surface area (Å²) in [7, 11) is 1.68. The maximum absolute atomic E-state index is 6.09. The van der Waals surface area contributed by atoms with Gasteiger partial charge in [-0.2, -0.15) is 0 Å². The van der Waals surface area contributed by atoms with Gasteiger partial charge in [-0.25, -0.2) is 0 Å². The molecule has 0 bridgehead atoms. The van der Waals surface area contributed by atoms with E-state index in [1.807, 2.05) is 32.0 Å². The molecule has 4 nitrogen and oxygen atoms in total. The number of methoxy groups -OCH3 is 1. The first-order valence-electron chi connectivity index (χ1n) is 8.30. The van der Waals surface area contributed by atoms with Crippen molar-refractivity contribution in [2.45, 2.75) is 38.3 Å². The first kappa shape index (κ1) is 17.0. The minimum absolute atomic E-state index is 0.0305. The SMILES string of the molecule is COc1ccc([C@@H](NCc2ccccc2)[C@@H]2COC(C)(C)O2)cc1. The first-order valence-corrected chi connectivity index (χ1v) is 8.30. The van der Waals surface area contributed by atoms with Crippen LogP contribution in [0.3, 0.4) is 0 Å². The zero-order chi connectivity index (χ0) is 17.0. The van der Waals surface area contributed by atoms with E-state index in [9.17, 15) is 0 Å². The van der Waals surface area contributed by atoms with Gasteiger partial charge in [0.15, 0.2) is 5.79 Å². The maximum atomic E-state index is 6.09. The number of nitrogens with one attached hydrogen (secondary N) is 1. The molecule has 24 heavy (non-hydrogen) atoms. The molecule has 0 unspecified atom stereocenters. The zero-order valence-electron chi connectivity index (χ0n) is 14.5. The molecule has 1 N–H and O–H groups in total. The minimum atomic E-state index is -0.538. The van der Waals surface area contributed by atoms with E-state index in [0.717, 1.165) is 17.9 Å². The lowest BCUT2D eigenvalue weighted by Crippen LogP contribution is -2.34. The normalized spacial score (nSPS) is 20.7. The first-order chi connectivity index (χ1) is 11.6. The number of ether oxygens (including phenoxy) is 3. The summed E-state index contributed by atoms with van der Waals surface area (Å²) in [5.74, 6) is 0.313. The van der Waals surface area contributed by atoms with Crippen molar-refractivity contribution < 1.29 is 14.2 Å². The predicted octanol–water partition coefficient (Wildman–Crippen LogP) is 3.68. The summed E-state index contributed by atoms with van der Waals surface area (Å²) in [6.45, 7) is 5.26. The van der Waals surface area contributed by atoms with Crippen LogP contribution in [-0.4, -0.2) is 25.6 Å². The Balaban J connectivity index is 1.77. The van der Waals surface area contributed by atoms with Crippen LogP contribution < -0.4 is 10.1 Å². The highest BCUT2D eigenvalue weighted by atomic mass is 16.7. The molecule has 2 aromatic carbocycles. The van der Waals surface area contributed by atoms with Crippen LogP contribution in [0, 0.1) is 0 Å². The second-order valence-electron chi connectivity index (χ2n) is 6.48. The highest BCUT2D eigenvalue weighted by Crippen LogP contribution is 2.31. The van der Waals surface area contributed by atoms with Gasteiger partial charge in [-0.3, -0.25) is 0 Å². The molecule has 128 valence electrons. The molecule has 1 saturated heterocycles. The third kappa shape index (κ3) is 4.15. The summed E-state index contributed by atoms with van der Waals surface area (Å²) < 4.78 is 17.1. The number of benzene rings is 2. The van der Waals surface area contributed by atoms with Crippen LogP contribution in [0.1, 0.15) is 31.0 Å². The Kier molecular flexibility index (Phi) is 5.19. The van der Waals surface area contributed by atoms with E-state index in [2.05, 4.69) is 41.7 Å². The second-order valence-corrected chi connectivity index (χ2v) is 6.48. The molecule has 0 aliphatic carbocycles. The van der Waals surface area contributed by atoms with Gasteiger partial charge in [-0.1, -0.05) is 42.5 Å². The van der Waals surface area contributed by atoms with Gasteiger partial charge in [0, 0.05) is 6.54 Å². The molecule has 0 saturated carbocycles. The van der Waals surface area contributed by atoms with Crippen molar-refractivity contribution in [1.29, 1.82) is 0 Å². The van der Waals surface area contributed by atoms with Crippen LogP contribution in [0.15, 0.2) is 54.6 Å². The molecule has 0 spiro atoms. The molecule has 0 radical (unpaired) electrons. The van der Waals surface area contributed by atoms with Gasteiger partial charge in [0.1, 0.15) is 11.9 Å². The lowest BCUT2D eigenvalue weighted by Gasteiger charge is -2.26. The van der Waals surface area contributed by atoms with E-state index < -0.39 is 5.79 Å². The Bertz CT molecular complexity index is 640. The van der Waals surface area contributed by atoms with Crippen LogP contribution in [0.25, 0.3) is 0 Å². The monoisotopic (exact) mass is 327 g/mol. The van der Waals surface area contributed by atoms with Crippen LogP contribution in [0.4, 0.5) is 0 Å². The van der Waals surface area contributed by atoms with Gasteiger partial charge < -0.3 is 19.5 Å². The fourth-order valence-electron chi connectivity index (χ4n) is 2.98. The lowest BCUT2D eigenvalue weighted by atomic mass is 10.0. The van der Waals surface area contributed by atoms with E-state index in [1.165, 1.54) is 5.56 Å². The second kappa shape index (κ2) is 7.34. The summed E-state index contributed by atoms with van der Waals surface area (Å²) >= 11 is 0. The fraction of sp³-hybridized carbons (Fsp3) is 0.400. The molecule has 1 aliphatic heterocycles. The van der Waals surface area contributed by atoms with Crippen molar-refractivity contribution in [3.05, 3.63) is 65.7 Å². The van der Waals surface area contributed by atoms with Gasteiger partial charge in [0.25, 0.3) is 0 Å². The minimum Gasteiger partial charge on any atom is -0.497 e. The van der Waals surface area contributed by atoms with Gasteiger partial charge >= 0.3 is 0 Å². The number of hydrogen-bond donors (Lipinski definition) is 1. The highest BCUT2D eigenvalue weighted by molar-refractivity contribution is 5.30. The van der Waals surface area contributed by atoms with E-state index in [-0.39, 0.29) is 12.1 Å². The molecule has 1 fully saturated rings. The summed E-state index contributed by atoms with van der Waals surface area (Å²) in [4.78, 5) is 0. The van der Waals surface area contributed by atoms with Crippen molar-refractivity contribution >= 4 is 0 Å². The molecule has 2 atom stereocenters. The van der Waals surface area contributed by atoms with Crippen molar-refractivity contribution in [2.24, 2.45) is 0 Å². The average Bonchev–Trinajstić information content (AvgIpc) is 2.96. The van der Waals surface area contributed by atoms with Gasteiger partial charge in [-0.05, 0) is 37.1 Å². The molecule has 3 rings (SSSR count). The van der Waals surface area contributed by atoms with E-state index in [4.69, 9.17) is 14.2 Å². The van der Waals surface area contributed by atoms with Crippen molar-refractivity contribution in [3.63, 3.8) is 0 Å². The summed E-state index contributed by atoms with van der Waals surface area (Å²) in [5, 5.41) is 3.62. The zero-order valence-corrected chi connectivity index (χ0v) is 14.5. The van der Waals surface area contributed by atoms with Gasteiger partial charge in [0.05, 0.1) is 19.8 Å². The van der Waals surface area contributed by atoms with Crippen molar-refractivity contribution in [1.82, 2.24) is 5.32 Å². The highest BCUT2D eigenvalue weighted by Gasteiger charge is 2.37. The molecule has 1 heterocycles. The van der Waals surface area contributed by atoms with Gasteiger partial charge in [0.2, 0.25) is 0 Å². The average molecular weight is 327 g/mol. The molecular weight excluding hydrogens is 302 g/mol. The molecule has 2 aromatic rings. The Hall–Kier alpha value is -1.88. The standard InChI is InChI=1S/C20H25NO3/c1-20(2)23-14-18(24-20)19(16-9-11-17(22-3)12-10-16)21-13-15-7-5-4-6-8-15/h4-12,18-19,21H,13-14H2,1-3H3/t18-,19+/m0/s1. The lowest BCUT2D eigenvalue weighted by molar-refractivity contribution is -0.142. The van der Waals surface area contributed by atoms with Crippen molar-refractivity contribution in [3.8, 4) is 5.75 Å². The largest absolute Gasteiger partial charge is 0.497 e. The predicted molar refractivity (Wildman–Crippen MR) is 93.9 cm³/mol. The third-order valence-corrected chi connectivity index (χ3v) is 4.25.